The van der Waals surface area contributed by atoms with Gasteiger partial charge in [-0.25, -0.2) is 0 Å². The summed E-state index contributed by atoms with van der Waals surface area (Å²) in [5, 5.41) is 0. The van der Waals surface area contributed by atoms with Crippen LogP contribution in [0.15, 0.2) is 24.5 Å². The average molecular weight is 126 g/mol. The lowest BCUT2D eigenvalue weighted by atomic mass is 10.5. The van der Waals surface area contributed by atoms with E-state index < -0.39 is 0 Å². The highest BCUT2D eigenvalue weighted by Gasteiger charge is 1.80. The van der Waals surface area contributed by atoms with E-state index in [9.17, 15) is 0 Å². The Kier molecular flexibility index (Phi) is 3.80. The average Bonchev–Trinajstić information content (AvgIpc) is 2.19. The highest BCUT2D eigenvalue weighted by atomic mass is 14.9. The van der Waals surface area contributed by atoms with Gasteiger partial charge in [0.2, 0.25) is 0 Å². The largest absolute Gasteiger partial charge is 0.354 e. The minimum Gasteiger partial charge on any atom is -0.354 e. The summed E-state index contributed by atoms with van der Waals surface area (Å²) in [6.45, 7) is 3.33. The summed E-state index contributed by atoms with van der Waals surface area (Å²) >= 11 is 0. The highest BCUT2D eigenvalue weighted by molar-refractivity contribution is 4.89. The standard InChI is InChI=1S/C7H11N.H3N/c1-2-5-8-6-3-4-7-8;/h3-4,6-7H,2,5H2,1H3;1H3. The Hall–Kier alpha value is -0.760. The van der Waals surface area contributed by atoms with Crippen LogP contribution >= 0.6 is 0 Å². The van der Waals surface area contributed by atoms with Crippen LogP contribution in [0.2, 0.25) is 0 Å². The van der Waals surface area contributed by atoms with Crippen molar-refractivity contribution in [1.29, 1.82) is 0 Å². The van der Waals surface area contributed by atoms with Crippen LogP contribution in [0.5, 0.6) is 0 Å². The molecule has 1 heterocycles. The second kappa shape index (κ2) is 4.15. The summed E-state index contributed by atoms with van der Waals surface area (Å²) in [7, 11) is 0. The van der Waals surface area contributed by atoms with Gasteiger partial charge in [0.1, 0.15) is 0 Å². The fraction of sp³-hybridized carbons (Fsp3) is 0.429. The minimum atomic E-state index is 0. The summed E-state index contributed by atoms with van der Waals surface area (Å²) in [4.78, 5) is 0. The van der Waals surface area contributed by atoms with Crippen molar-refractivity contribution < 1.29 is 0 Å². The predicted molar refractivity (Wildman–Crippen MR) is 39.7 cm³/mol. The molecule has 0 saturated carbocycles. The molecule has 2 heteroatoms. The summed E-state index contributed by atoms with van der Waals surface area (Å²) < 4.78 is 2.18. The van der Waals surface area contributed by atoms with Crippen LogP contribution in [0.3, 0.4) is 0 Å². The van der Waals surface area contributed by atoms with Crippen LogP contribution in [0, 0.1) is 0 Å². The van der Waals surface area contributed by atoms with Gasteiger partial charge in [-0.1, -0.05) is 6.92 Å². The van der Waals surface area contributed by atoms with Gasteiger partial charge in [-0.3, -0.25) is 0 Å². The Bertz CT molecular complexity index is 133. The molecule has 1 aromatic heterocycles. The van der Waals surface area contributed by atoms with E-state index in [4.69, 9.17) is 0 Å². The zero-order chi connectivity index (χ0) is 5.82. The summed E-state index contributed by atoms with van der Waals surface area (Å²) in [6, 6.07) is 4.10. The molecule has 52 valence electrons. The third kappa shape index (κ3) is 2.33. The molecule has 0 aliphatic heterocycles. The van der Waals surface area contributed by atoms with Crippen molar-refractivity contribution >= 4 is 0 Å². The molecule has 0 aromatic carbocycles. The Labute approximate surface area is 56.1 Å². The molecule has 0 aliphatic carbocycles. The number of aryl methyl sites for hydroxylation is 1. The van der Waals surface area contributed by atoms with Gasteiger partial charge in [-0.2, -0.15) is 0 Å². The van der Waals surface area contributed by atoms with Gasteiger partial charge in [-0.15, -0.1) is 0 Å². The van der Waals surface area contributed by atoms with E-state index in [0.29, 0.717) is 0 Å². The van der Waals surface area contributed by atoms with Crippen LogP contribution in [0.25, 0.3) is 0 Å². The molecule has 2 nitrogen and oxygen atoms in total. The summed E-state index contributed by atoms with van der Waals surface area (Å²) in [5.41, 5.74) is 0. The molecule has 0 spiro atoms. The smallest absolute Gasteiger partial charge is 0.0216 e. The van der Waals surface area contributed by atoms with E-state index in [1.807, 2.05) is 0 Å². The molecule has 0 unspecified atom stereocenters. The van der Waals surface area contributed by atoms with Crippen LogP contribution in [0.4, 0.5) is 0 Å². The Balaban J connectivity index is 0.000000640. The number of hydrogen-bond acceptors (Lipinski definition) is 1. The first kappa shape index (κ1) is 8.24. The molecule has 0 amide bonds. The van der Waals surface area contributed by atoms with Gasteiger partial charge in [0.05, 0.1) is 0 Å². The first-order valence-corrected chi connectivity index (χ1v) is 3.04. The van der Waals surface area contributed by atoms with Crippen molar-refractivity contribution in [2.45, 2.75) is 19.9 Å². The number of rotatable bonds is 2. The van der Waals surface area contributed by atoms with E-state index in [0.717, 1.165) is 6.54 Å². The predicted octanol–water partition coefficient (Wildman–Crippen LogP) is 2.06. The topological polar surface area (TPSA) is 39.9 Å². The first-order valence-electron chi connectivity index (χ1n) is 3.04. The van der Waals surface area contributed by atoms with E-state index in [1.54, 1.807) is 0 Å². The molecule has 0 radical (unpaired) electrons. The molecule has 0 saturated heterocycles. The molecular formula is C7H14N2. The fourth-order valence-electron chi connectivity index (χ4n) is 0.777. The molecule has 0 fully saturated rings. The molecule has 0 aliphatic rings. The third-order valence-corrected chi connectivity index (χ3v) is 1.15. The van der Waals surface area contributed by atoms with E-state index in [2.05, 4.69) is 36.0 Å². The second-order valence-corrected chi connectivity index (χ2v) is 1.92. The van der Waals surface area contributed by atoms with Gasteiger partial charge in [0.25, 0.3) is 0 Å². The zero-order valence-electron chi connectivity index (χ0n) is 5.88. The maximum Gasteiger partial charge on any atom is 0.0216 e. The second-order valence-electron chi connectivity index (χ2n) is 1.92. The van der Waals surface area contributed by atoms with Gasteiger partial charge in [0.15, 0.2) is 0 Å². The van der Waals surface area contributed by atoms with Crippen LogP contribution in [-0.2, 0) is 6.54 Å². The molecule has 1 rings (SSSR count). The monoisotopic (exact) mass is 126 g/mol. The fourth-order valence-corrected chi connectivity index (χ4v) is 0.777. The molecule has 0 atom stereocenters. The van der Waals surface area contributed by atoms with Crippen LogP contribution in [-0.4, -0.2) is 4.57 Å². The summed E-state index contributed by atoms with van der Waals surface area (Å²) in [6.07, 6.45) is 5.39. The summed E-state index contributed by atoms with van der Waals surface area (Å²) in [5.74, 6) is 0. The lowest BCUT2D eigenvalue weighted by Crippen LogP contribution is -1.89. The van der Waals surface area contributed by atoms with Crippen molar-refractivity contribution in [2.24, 2.45) is 0 Å². The quantitative estimate of drug-likeness (QED) is 0.647. The molecular weight excluding hydrogens is 112 g/mol. The Morgan fingerprint density at radius 1 is 1.22 bits per heavy atom. The van der Waals surface area contributed by atoms with Gasteiger partial charge < -0.3 is 10.7 Å². The first-order chi connectivity index (χ1) is 3.93. The normalized spacial score (nSPS) is 8.56. The van der Waals surface area contributed by atoms with Crippen LogP contribution in [0.1, 0.15) is 13.3 Å². The van der Waals surface area contributed by atoms with E-state index in [-0.39, 0.29) is 6.15 Å². The van der Waals surface area contributed by atoms with Crippen LogP contribution < -0.4 is 6.15 Å². The Morgan fingerprint density at radius 3 is 2.22 bits per heavy atom. The van der Waals surface area contributed by atoms with Gasteiger partial charge in [-0.05, 0) is 18.6 Å². The van der Waals surface area contributed by atoms with Crippen molar-refractivity contribution in [3.05, 3.63) is 24.5 Å². The van der Waals surface area contributed by atoms with E-state index in [1.165, 1.54) is 6.42 Å². The zero-order valence-corrected chi connectivity index (χ0v) is 5.88. The molecule has 0 bridgehead atoms. The van der Waals surface area contributed by atoms with Crippen molar-refractivity contribution in [1.82, 2.24) is 10.7 Å². The third-order valence-electron chi connectivity index (χ3n) is 1.15. The number of nitrogens with zero attached hydrogens (tertiary/aromatic N) is 1. The van der Waals surface area contributed by atoms with Crippen molar-refractivity contribution in [3.8, 4) is 0 Å². The maximum absolute atomic E-state index is 2.18. The Morgan fingerprint density at radius 2 is 1.78 bits per heavy atom. The lowest BCUT2D eigenvalue weighted by Gasteiger charge is -1.94. The molecule has 3 N–H and O–H groups in total. The van der Waals surface area contributed by atoms with Crippen molar-refractivity contribution in [2.75, 3.05) is 0 Å². The van der Waals surface area contributed by atoms with E-state index >= 15 is 0 Å². The number of aromatic nitrogens is 1. The molecule has 1 aromatic rings. The minimum absolute atomic E-state index is 0. The van der Waals surface area contributed by atoms with Gasteiger partial charge in [0, 0.05) is 18.9 Å². The maximum atomic E-state index is 2.18. The lowest BCUT2D eigenvalue weighted by molar-refractivity contribution is 0.683. The highest BCUT2D eigenvalue weighted by Crippen LogP contribution is 1.90. The molecule has 9 heavy (non-hydrogen) atoms. The van der Waals surface area contributed by atoms with Crippen molar-refractivity contribution in [3.63, 3.8) is 0 Å². The SMILES string of the molecule is CCCn1cccc1.N. The van der Waals surface area contributed by atoms with Gasteiger partial charge >= 0.3 is 0 Å². The number of hydrogen-bond donors (Lipinski definition) is 1.